The number of rotatable bonds is 5. The van der Waals surface area contributed by atoms with Crippen molar-refractivity contribution in [2.24, 2.45) is 5.10 Å². The third-order valence-corrected chi connectivity index (χ3v) is 4.33. The van der Waals surface area contributed by atoms with Crippen molar-refractivity contribution in [1.29, 1.82) is 0 Å². The molecule has 0 radical (unpaired) electrons. The number of nitrogens with zero attached hydrogens (tertiary/aromatic N) is 2. The van der Waals surface area contributed by atoms with Crippen molar-refractivity contribution in [1.82, 2.24) is 9.97 Å². The predicted octanol–water partition coefficient (Wildman–Crippen LogP) is 4.04. The standard InChI is InChI=1S/C22H18N4O2/c1-28-20-12-11-15-7-5-6-10-17(15)18(20)14-23-26-22-24-19(13-21(27)25-22)16-8-3-2-4-9-16/h2-14H,1H3,(H2,24,25,26,27)/b23-14+. The van der Waals surface area contributed by atoms with Crippen LogP contribution in [-0.2, 0) is 0 Å². The van der Waals surface area contributed by atoms with Crippen LogP contribution < -0.4 is 15.7 Å². The molecule has 1 heterocycles. The van der Waals surface area contributed by atoms with E-state index in [2.05, 4.69) is 20.5 Å². The summed E-state index contributed by atoms with van der Waals surface area (Å²) in [6, 6.07) is 22.9. The van der Waals surface area contributed by atoms with Crippen LogP contribution in [0.3, 0.4) is 0 Å². The van der Waals surface area contributed by atoms with Crippen LogP contribution in [0.25, 0.3) is 22.0 Å². The number of H-pyrrole nitrogens is 1. The first kappa shape index (κ1) is 17.5. The van der Waals surface area contributed by atoms with Gasteiger partial charge in [0.1, 0.15) is 5.75 Å². The van der Waals surface area contributed by atoms with E-state index in [1.54, 1.807) is 13.3 Å². The van der Waals surface area contributed by atoms with Gasteiger partial charge in [0.05, 0.1) is 19.0 Å². The molecule has 1 aromatic heterocycles. The lowest BCUT2D eigenvalue weighted by atomic mass is 10.0. The van der Waals surface area contributed by atoms with E-state index < -0.39 is 0 Å². The van der Waals surface area contributed by atoms with Crippen molar-refractivity contribution in [2.75, 3.05) is 12.5 Å². The molecule has 3 aromatic carbocycles. The molecule has 138 valence electrons. The van der Waals surface area contributed by atoms with Crippen LogP contribution in [0, 0.1) is 0 Å². The molecule has 0 aliphatic heterocycles. The van der Waals surface area contributed by atoms with Crippen molar-refractivity contribution < 1.29 is 4.74 Å². The Balaban J connectivity index is 1.65. The highest BCUT2D eigenvalue weighted by Gasteiger charge is 2.06. The van der Waals surface area contributed by atoms with Crippen LogP contribution in [0.2, 0.25) is 0 Å². The van der Waals surface area contributed by atoms with Crippen molar-refractivity contribution in [3.63, 3.8) is 0 Å². The molecule has 0 aliphatic carbocycles. The highest BCUT2D eigenvalue weighted by atomic mass is 16.5. The number of benzene rings is 3. The lowest BCUT2D eigenvalue weighted by Gasteiger charge is -2.08. The number of hydrogen-bond acceptors (Lipinski definition) is 5. The number of ether oxygens (including phenoxy) is 1. The van der Waals surface area contributed by atoms with Crippen molar-refractivity contribution in [3.8, 4) is 17.0 Å². The second-order valence-corrected chi connectivity index (χ2v) is 6.12. The Bertz CT molecular complexity index is 1200. The molecule has 2 N–H and O–H groups in total. The average Bonchev–Trinajstić information content (AvgIpc) is 2.74. The maximum atomic E-state index is 12.0. The summed E-state index contributed by atoms with van der Waals surface area (Å²) in [4.78, 5) is 19.1. The van der Waals surface area contributed by atoms with Gasteiger partial charge in [-0.15, -0.1) is 0 Å². The van der Waals surface area contributed by atoms with E-state index in [0.29, 0.717) is 11.4 Å². The summed E-state index contributed by atoms with van der Waals surface area (Å²) >= 11 is 0. The molecular formula is C22H18N4O2. The highest BCUT2D eigenvalue weighted by Crippen LogP contribution is 2.26. The zero-order chi connectivity index (χ0) is 19.3. The summed E-state index contributed by atoms with van der Waals surface area (Å²) in [5, 5.41) is 6.36. The number of hydrogen-bond donors (Lipinski definition) is 2. The number of aromatic nitrogens is 2. The van der Waals surface area contributed by atoms with E-state index in [9.17, 15) is 4.79 Å². The van der Waals surface area contributed by atoms with Gasteiger partial charge >= 0.3 is 0 Å². The fourth-order valence-corrected chi connectivity index (χ4v) is 3.01. The molecule has 4 rings (SSSR count). The fraction of sp³-hybridized carbons (Fsp3) is 0.0455. The molecule has 0 saturated carbocycles. The van der Waals surface area contributed by atoms with Gasteiger partial charge in [0.25, 0.3) is 5.56 Å². The normalized spacial score (nSPS) is 11.0. The predicted molar refractivity (Wildman–Crippen MR) is 112 cm³/mol. The Labute approximate surface area is 161 Å². The Morgan fingerprint density at radius 3 is 2.64 bits per heavy atom. The largest absolute Gasteiger partial charge is 0.496 e. The first-order valence-electron chi connectivity index (χ1n) is 8.76. The minimum atomic E-state index is -0.255. The van der Waals surface area contributed by atoms with Gasteiger partial charge < -0.3 is 4.74 Å². The van der Waals surface area contributed by atoms with Crippen molar-refractivity contribution in [3.05, 3.63) is 88.7 Å². The van der Waals surface area contributed by atoms with Gasteiger partial charge in [-0.2, -0.15) is 5.10 Å². The van der Waals surface area contributed by atoms with Crippen LogP contribution >= 0.6 is 0 Å². The van der Waals surface area contributed by atoms with E-state index >= 15 is 0 Å². The fourth-order valence-electron chi connectivity index (χ4n) is 3.01. The second kappa shape index (κ2) is 7.75. The van der Waals surface area contributed by atoms with Crippen LogP contribution in [-0.4, -0.2) is 23.3 Å². The third kappa shape index (κ3) is 3.61. The van der Waals surface area contributed by atoms with Crippen LogP contribution in [0.15, 0.2) is 82.7 Å². The Morgan fingerprint density at radius 1 is 1.04 bits per heavy atom. The highest BCUT2D eigenvalue weighted by molar-refractivity contribution is 6.02. The second-order valence-electron chi connectivity index (χ2n) is 6.12. The van der Waals surface area contributed by atoms with E-state index in [1.165, 1.54) is 6.07 Å². The number of fused-ring (bicyclic) bond motifs is 1. The van der Waals surface area contributed by atoms with Gasteiger partial charge in [0, 0.05) is 17.2 Å². The molecule has 0 spiro atoms. The summed E-state index contributed by atoms with van der Waals surface area (Å²) < 4.78 is 5.46. The maximum absolute atomic E-state index is 12.0. The monoisotopic (exact) mass is 370 g/mol. The summed E-state index contributed by atoms with van der Waals surface area (Å²) in [5.74, 6) is 0.977. The first-order chi connectivity index (χ1) is 13.7. The SMILES string of the molecule is COc1ccc2ccccc2c1/C=N/Nc1nc(-c2ccccc2)cc(=O)[nH]1. The third-order valence-electron chi connectivity index (χ3n) is 4.33. The molecule has 0 fully saturated rings. The minimum absolute atomic E-state index is 0.255. The molecule has 6 heteroatoms. The topological polar surface area (TPSA) is 79.4 Å². The molecule has 0 unspecified atom stereocenters. The number of aromatic amines is 1. The Morgan fingerprint density at radius 2 is 1.82 bits per heavy atom. The first-order valence-corrected chi connectivity index (χ1v) is 8.76. The van der Waals surface area contributed by atoms with E-state index in [4.69, 9.17) is 4.74 Å². The quantitative estimate of drug-likeness (QED) is 0.410. The molecule has 0 aliphatic rings. The van der Waals surface area contributed by atoms with Crippen molar-refractivity contribution >= 4 is 22.9 Å². The number of methoxy groups -OCH3 is 1. The van der Waals surface area contributed by atoms with Crippen molar-refractivity contribution in [2.45, 2.75) is 0 Å². The van der Waals surface area contributed by atoms with Crippen LogP contribution in [0.5, 0.6) is 5.75 Å². The van der Waals surface area contributed by atoms with Gasteiger partial charge in [0.2, 0.25) is 5.95 Å². The van der Waals surface area contributed by atoms with Gasteiger partial charge in [-0.25, -0.2) is 10.4 Å². The molecule has 0 bridgehead atoms. The zero-order valence-electron chi connectivity index (χ0n) is 15.2. The molecule has 0 saturated heterocycles. The number of anilines is 1. The number of hydrazone groups is 1. The summed E-state index contributed by atoms with van der Waals surface area (Å²) in [5.41, 5.74) is 4.83. The lowest BCUT2D eigenvalue weighted by molar-refractivity contribution is 0.415. The van der Waals surface area contributed by atoms with Crippen LogP contribution in [0.4, 0.5) is 5.95 Å². The molecule has 4 aromatic rings. The van der Waals surface area contributed by atoms with Gasteiger partial charge in [-0.3, -0.25) is 9.78 Å². The zero-order valence-corrected chi connectivity index (χ0v) is 15.2. The van der Waals surface area contributed by atoms with E-state index in [-0.39, 0.29) is 11.5 Å². The van der Waals surface area contributed by atoms with Gasteiger partial charge in [-0.05, 0) is 16.8 Å². The maximum Gasteiger partial charge on any atom is 0.252 e. The average molecular weight is 370 g/mol. The molecule has 0 amide bonds. The lowest BCUT2D eigenvalue weighted by Crippen LogP contribution is -2.10. The minimum Gasteiger partial charge on any atom is -0.496 e. The summed E-state index contributed by atoms with van der Waals surface area (Å²) in [7, 11) is 1.62. The molecule has 28 heavy (non-hydrogen) atoms. The van der Waals surface area contributed by atoms with E-state index in [0.717, 1.165) is 21.9 Å². The smallest absolute Gasteiger partial charge is 0.252 e. The molecular weight excluding hydrogens is 352 g/mol. The molecule has 6 nitrogen and oxygen atoms in total. The molecule has 0 atom stereocenters. The van der Waals surface area contributed by atoms with Crippen LogP contribution in [0.1, 0.15) is 5.56 Å². The van der Waals surface area contributed by atoms with E-state index in [1.807, 2.05) is 66.7 Å². The number of nitrogens with one attached hydrogen (secondary N) is 2. The summed E-state index contributed by atoms with van der Waals surface area (Å²) in [6.45, 7) is 0. The Kier molecular flexibility index (Phi) is 4.84. The summed E-state index contributed by atoms with van der Waals surface area (Å²) in [6.07, 6.45) is 1.66. The Hall–Kier alpha value is -3.93. The van der Waals surface area contributed by atoms with Gasteiger partial charge in [-0.1, -0.05) is 60.7 Å². The van der Waals surface area contributed by atoms with Gasteiger partial charge in [0.15, 0.2) is 0 Å².